The van der Waals surface area contributed by atoms with E-state index in [2.05, 4.69) is 12.2 Å². The third-order valence-corrected chi connectivity index (χ3v) is 5.55. The minimum absolute atomic E-state index is 0.0215. The summed E-state index contributed by atoms with van der Waals surface area (Å²) in [5, 5.41) is 2.96. The Bertz CT molecular complexity index is 869. The van der Waals surface area contributed by atoms with Crippen LogP contribution >= 0.6 is 0 Å². The summed E-state index contributed by atoms with van der Waals surface area (Å²) in [5.41, 5.74) is 2.16. The molecule has 1 N–H and O–H groups in total. The van der Waals surface area contributed by atoms with E-state index in [9.17, 15) is 9.59 Å². The van der Waals surface area contributed by atoms with Gasteiger partial charge in [-0.3, -0.25) is 9.59 Å². The Labute approximate surface area is 184 Å². The van der Waals surface area contributed by atoms with E-state index in [0.29, 0.717) is 32.4 Å². The van der Waals surface area contributed by atoms with Gasteiger partial charge in [-0.05, 0) is 49.4 Å². The molecule has 0 saturated heterocycles. The average Bonchev–Trinajstić information content (AvgIpc) is 3.26. The highest BCUT2D eigenvalue weighted by Gasteiger charge is 2.25. The molecular weight excluding hydrogens is 392 g/mol. The topological polar surface area (TPSA) is 67.9 Å². The number of rotatable bonds is 11. The lowest BCUT2D eigenvalue weighted by atomic mass is 10.1. The number of nitrogens with zero attached hydrogens (tertiary/aromatic N) is 1. The second-order valence-electron chi connectivity index (χ2n) is 7.83. The predicted octanol–water partition coefficient (Wildman–Crippen LogP) is 3.72. The molecule has 0 aliphatic carbocycles. The van der Waals surface area contributed by atoms with Crippen LogP contribution in [0.15, 0.2) is 48.5 Å². The first kappa shape index (κ1) is 22.7. The predicted molar refractivity (Wildman–Crippen MR) is 120 cm³/mol. The summed E-state index contributed by atoms with van der Waals surface area (Å²) in [5.74, 6) is 1.33. The van der Waals surface area contributed by atoms with Crippen LogP contribution in [0.1, 0.15) is 44.2 Å². The molecule has 0 bridgehead atoms. The lowest BCUT2D eigenvalue weighted by molar-refractivity contribution is -0.139. The number of nitrogens with one attached hydrogen (secondary N) is 1. The maximum Gasteiger partial charge on any atom is 0.242 e. The summed E-state index contributed by atoms with van der Waals surface area (Å²) in [7, 11) is 0. The largest absolute Gasteiger partial charge is 0.454 e. The zero-order valence-electron chi connectivity index (χ0n) is 18.4. The number of hydrogen-bond acceptors (Lipinski definition) is 4. The third kappa shape index (κ3) is 6.48. The van der Waals surface area contributed by atoms with Gasteiger partial charge in [0.25, 0.3) is 0 Å². The normalized spacial score (nSPS) is 13.0. The third-order valence-electron chi connectivity index (χ3n) is 5.55. The number of benzene rings is 2. The number of ether oxygens (including phenoxy) is 2. The van der Waals surface area contributed by atoms with Crippen molar-refractivity contribution in [2.24, 2.45) is 0 Å². The molecule has 0 saturated carbocycles. The van der Waals surface area contributed by atoms with E-state index >= 15 is 0 Å². The molecule has 0 unspecified atom stereocenters. The lowest BCUT2D eigenvalue weighted by Gasteiger charge is -2.29. The van der Waals surface area contributed by atoms with Crippen LogP contribution in [0.4, 0.5) is 0 Å². The van der Waals surface area contributed by atoms with Crippen molar-refractivity contribution >= 4 is 11.8 Å². The molecular formula is C25H32N2O4. The van der Waals surface area contributed by atoms with Crippen LogP contribution in [-0.2, 0) is 22.4 Å². The Morgan fingerprint density at radius 1 is 1.03 bits per heavy atom. The van der Waals surface area contributed by atoms with Gasteiger partial charge in [0.05, 0.1) is 0 Å². The highest BCUT2D eigenvalue weighted by atomic mass is 16.7. The lowest BCUT2D eigenvalue weighted by Crippen LogP contribution is -2.49. The van der Waals surface area contributed by atoms with Crippen molar-refractivity contribution in [2.45, 2.75) is 52.0 Å². The Hall–Kier alpha value is -3.02. The fourth-order valence-electron chi connectivity index (χ4n) is 3.60. The molecule has 3 rings (SSSR count). The van der Waals surface area contributed by atoms with Crippen LogP contribution in [0.25, 0.3) is 0 Å². The molecule has 1 atom stereocenters. The fraction of sp³-hybridized carbons (Fsp3) is 0.440. The minimum Gasteiger partial charge on any atom is -0.454 e. The second-order valence-corrected chi connectivity index (χ2v) is 7.83. The van der Waals surface area contributed by atoms with Crippen LogP contribution in [0.3, 0.4) is 0 Å². The number of hydrogen-bond donors (Lipinski definition) is 1. The van der Waals surface area contributed by atoms with Gasteiger partial charge in [0.15, 0.2) is 11.5 Å². The summed E-state index contributed by atoms with van der Waals surface area (Å²) >= 11 is 0. The number of fused-ring (bicyclic) bond motifs is 1. The summed E-state index contributed by atoms with van der Waals surface area (Å²) in [6.07, 6.45) is 3.58. The van der Waals surface area contributed by atoms with Crippen molar-refractivity contribution in [2.75, 3.05) is 19.9 Å². The SMILES string of the molecule is CCCCNC(=O)[C@@H](C)N(CCc1ccccc1)C(=O)CCc1ccc2c(c1)OCO2. The summed E-state index contributed by atoms with van der Waals surface area (Å²) in [6.45, 7) is 5.27. The maximum absolute atomic E-state index is 13.1. The standard InChI is InChI=1S/C25H32N2O4/c1-3-4-15-26-25(29)19(2)27(16-14-20-8-6-5-7-9-20)24(28)13-11-21-10-12-22-23(17-21)31-18-30-22/h5-10,12,17,19H,3-4,11,13-16,18H2,1-2H3,(H,26,29)/t19-/m1/s1. The van der Waals surface area contributed by atoms with Gasteiger partial charge in [-0.1, -0.05) is 49.7 Å². The zero-order chi connectivity index (χ0) is 22.1. The van der Waals surface area contributed by atoms with E-state index < -0.39 is 6.04 Å². The summed E-state index contributed by atoms with van der Waals surface area (Å²) in [6, 6.07) is 15.3. The van der Waals surface area contributed by atoms with Crippen molar-refractivity contribution in [3.05, 3.63) is 59.7 Å². The van der Waals surface area contributed by atoms with Crippen molar-refractivity contribution in [3.8, 4) is 11.5 Å². The Kier molecular flexibility index (Phi) is 8.33. The quantitative estimate of drug-likeness (QED) is 0.558. The van der Waals surface area contributed by atoms with E-state index in [1.165, 1.54) is 0 Å². The molecule has 0 spiro atoms. The van der Waals surface area contributed by atoms with E-state index in [0.717, 1.165) is 35.5 Å². The van der Waals surface area contributed by atoms with E-state index in [-0.39, 0.29) is 18.6 Å². The van der Waals surface area contributed by atoms with Gasteiger partial charge in [0.2, 0.25) is 18.6 Å². The molecule has 6 nitrogen and oxygen atoms in total. The molecule has 1 aliphatic heterocycles. The van der Waals surface area contributed by atoms with Crippen LogP contribution in [0.5, 0.6) is 11.5 Å². The van der Waals surface area contributed by atoms with Gasteiger partial charge in [-0.25, -0.2) is 0 Å². The monoisotopic (exact) mass is 424 g/mol. The molecule has 6 heteroatoms. The first-order valence-electron chi connectivity index (χ1n) is 11.1. The van der Waals surface area contributed by atoms with E-state index in [1.807, 2.05) is 55.5 Å². The van der Waals surface area contributed by atoms with Crippen LogP contribution in [-0.4, -0.2) is 42.6 Å². The highest BCUT2D eigenvalue weighted by molar-refractivity contribution is 5.87. The number of aryl methyl sites for hydroxylation is 1. The van der Waals surface area contributed by atoms with Gasteiger partial charge < -0.3 is 19.7 Å². The van der Waals surface area contributed by atoms with Crippen molar-refractivity contribution in [1.29, 1.82) is 0 Å². The molecule has 1 aliphatic rings. The molecule has 2 aromatic rings. The summed E-state index contributed by atoms with van der Waals surface area (Å²) in [4.78, 5) is 27.5. The van der Waals surface area contributed by atoms with Gasteiger partial charge in [-0.2, -0.15) is 0 Å². The summed E-state index contributed by atoms with van der Waals surface area (Å²) < 4.78 is 10.8. The second kappa shape index (κ2) is 11.4. The first-order valence-corrected chi connectivity index (χ1v) is 11.1. The molecule has 2 amide bonds. The molecule has 0 fully saturated rings. The number of unbranched alkanes of at least 4 members (excludes halogenated alkanes) is 1. The number of carbonyl (C=O) groups excluding carboxylic acids is 2. The minimum atomic E-state index is -0.509. The van der Waals surface area contributed by atoms with E-state index in [1.54, 1.807) is 4.90 Å². The van der Waals surface area contributed by atoms with Crippen molar-refractivity contribution in [3.63, 3.8) is 0 Å². The van der Waals surface area contributed by atoms with Gasteiger partial charge >= 0.3 is 0 Å². The molecule has 0 aromatic heterocycles. The number of amides is 2. The van der Waals surface area contributed by atoms with Crippen LogP contribution in [0, 0.1) is 0 Å². The van der Waals surface area contributed by atoms with Crippen LogP contribution < -0.4 is 14.8 Å². The van der Waals surface area contributed by atoms with Crippen LogP contribution in [0.2, 0.25) is 0 Å². The van der Waals surface area contributed by atoms with Crippen molar-refractivity contribution in [1.82, 2.24) is 10.2 Å². The zero-order valence-corrected chi connectivity index (χ0v) is 18.4. The molecule has 1 heterocycles. The van der Waals surface area contributed by atoms with Gasteiger partial charge in [-0.15, -0.1) is 0 Å². The van der Waals surface area contributed by atoms with Gasteiger partial charge in [0, 0.05) is 19.5 Å². The fourth-order valence-corrected chi connectivity index (χ4v) is 3.60. The highest BCUT2D eigenvalue weighted by Crippen LogP contribution is 2.32. The Morgan fingerprint density at radius 2 is 1.81 bits per heavy atom. The first-order chi connectivity index (χ1) is 15.1. The maximum atomic E-state index is 13.1. The molecule has 31 heavy (non-hydrogen) atoms. The smallest absolute Gasteiger partial charge is 0.242 e. The van der Waals surface area contributed by atoms with Crippen molar-refractivity contribution < 1.29 is 19.1 Å². The Morgan fingerprint density at radius 3 is 2.58 bits per heavy atom. The molecule has 166 valence electrons. The molecule has 2 aromatic carbocycles. The number of carbonyl (C=O) groups is 2. The Balaban J connectivity index is 1.63. The van der Waals surface area contributed by atoms with E-state index in [4.69, 9.17) is 9.47 Å². The van der Waals surface area contributed by atoms with Gasteiger partial charge in [0.1, 0.15) is 6.04 Å². The average molecular weight is 425 g/mol. The molecule has 0 radical (unpaired) electrons.